The molecule has 1 unspecified atom stereocenters. The van der Waals surface area contributed by atoms with Crippen molar-refractivity contribution < 1.29 is 18.0 Å². The van der Waals surface area contributed by atoms with Gasteiger partial charge in [0.1, 0.15) is 5.56 Å². The van der Waals surface area contributed by atoms with E-state index < -0.39 is 23.1 Å². The van der Waals surface area contributed by atoms with Gasteiger partial charge in [0.05, 0.1) is 11.1 Å². The van der Waals surface area contributed by atoms with Crippen molar-refractivity contribution in [2.24, 2.45) is 0 Å². The summed E-state index contributed by atoms with van der Waals surface area (Å²) in [6.45, 7) is 1.98. The van der Waals surface area contributed by atoms with Crippen molar-refractivity contribution in [3.63, 3.8) is 0 Å². The zero-order valence-corrected chi connectivity index (χ0v) is 16.2. The molecule has 4 nitrogen and oxygen atoms in total. The molecule has 1 amide bonds. The van der Waals surface area contributed by atoms with Gasteiger partial charge in [0.15, 0.2) is 0 Å². The topological polar surface area (TPSA) is 51.1 Å². The number of benzene rings is 2. The third-order valence-electron chi connectivity index (χ3n) is 4.85. The number of alkyl halides is 3. The van der Waals surface area contributed by atoms with Gasteiger partial charge in [0.25, 0.3) is 5.91 Å². The number of hydrogen-bond donors (Lipinski definition) is 1. The minimum Gasteiger partial charge on any atom is -0.343 e. The number of nitrogens with one attached hydrogen (secondary N) is 1. The lowest BCUT2D eigenvalue weighted by Crippen LogP contribution is -2.24. The number of halogens is 4. The molecule has 2 heterocycles. The molecular formula is C20H14BrF3N2O2. The van der Waals surface area contributed by atoms with E-state index in [0.29, 0.717) is 5.39 Å². The number of pyridine rings is 1. The van der Waals surface area contributed by atoms with Crippen molar-refractivity contribution in [2.75, 3.05) is 5.32 Å². The molecule has 0 radical (unpaired) electrons. The summed E-state index contributed by atoms with van der Waals surface area (Å²) in [6, 6.07) is 7.99. The Morgan fingerprint density at radius 3 is 2.71 bits per heavy atom. The fourth-order valence-corrected chi connectivity index (χ4v) is 4.10. The molecule has 0 saturated carbocycles. The largest absolute Gasteiger partial charge is 0.416 e. The number of nitrogens with zero attached hydrogens (tertiary/aromatic N) is 1. The zero-order chi connectivity index (χ0) is 20.2. The van der Waals surface area contributed by atoms with Gasteiger partial charge < -0.3 is 9.88 Å². The molecule has 28 heavy (non-hydrogen) atoms. The predicted molar refractivity (Wildman–Crippen MR) is 104 cm³/mol. The molecule has 1 aliphatic heterocycles. The first-order chi connectivity index (χ1) is 13.1. The molecule has 2 aromatic carbocycles. The first-order valence-electron chi connectivity index (χ1n) is 8.51. The van der Waals surface area contributed by atoms with Crippen molar-refractivity contribution in [3.05, 3.63) is 74.0 Å². The normalized spacial score (nSPS) is 15.8. The average Bonchev–Trinajstić information content (AvgIpc) is 2.92. The van der Waals surface area contributed by atoms with Crippen molar-refractivity contribution in [1.29, 1.82) is 0 Å². The molecule has 1 aromatic heterocycles. The van der Waals surface area contributed by atoms with E-state index in [1.165, 1.54) is 18.3 Å². The fraction of sp³-hybridized carbons (Fsp3) is 0.200. The number of amides is 1. The molecule has 4 rings (SSSR count). The van der Waals surface area contributed by atoms with Gasteiger partial charge >= 0.3 is 6.18 Å². The lowest BCUT2D eigenvalue weighted by Gasteiger charge is -2.13. The van der Waals surface area contributed by atoms with Gasteiger partial charge in [-0.3, -0.25) is 9.59 Å². The number of aromatic nitrogens is 1. The van der Waals surface area contributed by atoms with Gasteiger partial charge in [-0.1, -0.05) is 22.0 Å². The third kappa shape index (κ3) is 3.11. The van der Waals surface area contributed by atoms with Gasteiger partial charge in [-0.2, -0.15) is 13.2 Å². The molecule has 8 heteroatoms. The van der Waals surface area contributed by atoms with E-state index in [0.717, 1.165) is 34.1 Å². The maximum Gasteiger partial charge on any atom is 0.416 e. The summed E-state index contributed by atoms with van der Waals surface area (Å²) in [5.41, 5.74) is 0.343. The number of carbonyl (C=O) groups is 1. The summed E-state index contributed by atoms with van der Waals surface area (Å²) in [4.78, 5) is 25.6. The molecule has 0 spiro atoms. The van der Waals surface area contributed by atoms with Gasteiger partial charge in [-0.25, -0.2) is 0 Å². The summed E-state index contributed by atoms with van der Waals surface area (Å²) in [7, 11) is 0. The third-order valence-corrected chi connectivity index (χ3v) is 5.31. The average molecular weight is 451 g/mol. The van der Waals surface area contributed by atoms with Crippen LogP contribution in [-0.4, -0.2) is 10.5 Å². The van der Waals surface area contributed by atoms with Crippen LogP contribution < -0.4 is 10.7 Å². The van der Waals surface area contributed by atoms with Crippen LogP contribution >= 0.6 is 15.9 Å². The highest BCUT2D eigenvalue weighted by Crippen LogP contribution is 2.34. The van der Waals surface area contributed by atoms with Crippen molar-refractivity contribution in [2.45, 2.75) is 25.6 Å². The summed E-state index contributed by atoms with van der Waals surface area (Å²) in [6.07, 6.45) is -2.30. The van der Waals surface area contributed by atoms with E-state index >= 15 is 0 Å². The van der Waals surface area contributed by atoms with Gasteiger partial charge in [-0.15, -0.1) is 0 Å². The molecular weight excluding hydrogens is 437 g/mol. The second-order valence-corrected chi connectivity index (χ2v) is 7.74. The van der Waals surface area contributed by atoms with Crippen LogP contribution in [0.1, 0.15) is 34.5 Å². The second-order valence-electron chi connectivity index (χ2n) is 6.83. The highest BCUT2D eigenvalue weighted by atomic mass is 79.9. The highest BCUT2D eigenvalue weighted by molar-refractivity contribution is 9.10. The number of anilines is 1. The minimum atomic E-state index is -4.52. The SMILES string of the molecule is CC1Cc2cc(Br)cc3c(=O)c(C(=O)Nc4cccc(C(F)(F)F)c4)cn1c23. The van der Waals surface area contributed by atoms with Crippen LogP contribution in [0.2, 0.25) is 0 Å². The van der Waals surface area contributed by atoms with Crippen LogP contribution in [-0.2, 0) is 12.6 Å². The van der Waals surface area contributed by atoms with E-state index in [1.54, 1.807) is 6.07 Å². The smallest absolute Gasteiger partial charge is 0.343 e. The maximum atomic E-state index is 12.9. The maximum absolute atomic E-state index is 12.9. The van der Waals surface area contributed by atoms with Crippen LogP contribution in [0.25, 0.3) is 10.9 Å². The van der Waals surface area contributed by atoms with Gasteiger partial charge in [0, 0.05) is 27.8 Å². The quantitative estimate of drug-likeness (QED) is 0.586. The Kier molecular flexibility index (Phi) is 4.33. The Morgan fingerprint density at radius 2 is 2.00 bits per heavy atom. The van der Waals surface area contributed by atoms with E-state index in [9.17, 15) is 22.8 Å². The first-order valence-corrected chi connectivity index (χ1v) is 9.30. The Bertz CT molecular complexity index is 1180. The number of carbonyl (C=O) groups excluding carboxylic acids is 1. The highest BCUT2D eigenvalue weighted by Gasteiger charge is 2.31. The van der Waals surface area contributed by atoms with Gasteiger partial charge in [-0.05, 0) is 49.2 Å². The molecule has 0 fully saturated rings. The molecule has 0 bridgehead atoms. The van der Waals surface area contributed by atoms with Crippen molar-refractivity contribution >= 4 is 38.4 Å². The lowest BCUT2D eigenvalue weighted by molar-refractivity contribution is -0.137. The van der Waals surface area contributed by atoms with Crippen LogP contribution in [0.4, 0.5) is 18.9 Å². The number of rotatable bonds is 2. The second kappa shape index (κ2) is 6.48. The first kappa shape index (κ1) is 18.7. The van der Waals surface area contributed by atoms with E-state index in [4.69, 9.17) is 0 Å². The van der Waals surface area contributed by atoms with E-state index in [1.807, 2.05) is 17.6 Å². The number of hydrogen-bond acceptors (Lipinski definition) is 2. The molecule has 144 valence electrons. The van der Waals surface area contributed by atoms with E-state index in [-0.39, 0.29) is 17.3 Å². The monoisotopic (exact) mass is 450 g/mol. The summed E-state index contributed by atoms with van der Waals surface area (Å²) < 4.78 is 41.3. The molecule has 1 atom stereocenters. The predicted octanol–water partition coefficient (Wildman–Crippen LogP) is 5.15. The lowest BCUT2D eigenvalue weighted by atomic mass is 10.1. The minimum absolute atomic E-state index is 0.0243. The standard InChI is InChI=1S/C20H14BrF3N2O2/c1-10-5-11-6-13(21)8-15-17(11)26(10)9-16(18(15)27)19(28)25-14-4-2-3-12(7-14)20(22,23)24/h2-4,6-10H,5H2,1H3,(H,25,28). The Morgan fingerprint density at radius 1 is 1.25 bits per heavy atom. The van der Waals surface area contributed by atoms with Crippen LogP contribution in [0.3, 0.4) is 0 Å². The fourth-order valence-electron chi connectivity index (χ4n) is 3.59. The molecule has 0 aliphatic carbocycles. The van der Waals surface area contributed by atoms with Crippen LogP contribution in [0.15, 0.2) is 51.9 Å². The summed E-state index contributed by atoms with van der Waals surface area (Å²) in [5, 5.41) is 2.82. The van der Waals surface area contributed by atoms with Gasteiger partial charge in [0.2, 0.25) is 5.43 Å². The molecule has 0 saturated heterocycles. The Balaban J connectivity index is 1.78. The summed E-state index contributed by atoms with van der Waals surface area (Å²) >= 11 is 3.39. The van der Waals surface area contributed by atoms with E-state index in [2.05, 4.69) is 21.2 Å². The van der Waals surface area contributed by atoms with Crippen molar-refractivity contribution in [1.82, 2.24) is 4.57 Å². The van der Waals surface area contributed by atoms with Crippen LogP contribution in [0.5, 0.6) is 0 Å². The Hall–Kier alpha value is -2.61. The zero-order valence-electron chi connectivity index (χ0n) is 14.6. The van der Waals surface area contributed by atoms with Crippen LogP contribution in [0, 0.1) is 0 Å². The summed E-state index contributed by atoms with van der Waals surface area (Å²) in [5.74, 6) is -0.740. The molecule has 3 aromatic rings. The molecule has 1 aliphatic rings. The van der Waals surface area contributed by atoms with Crippen molar-refractivity contribution in [3.8, 4) is 0 Å². The Labute approximate surface area is 166 Å². The molecule has 1 N–H and O–H groups in total.